The van der Waals surface area contributed by atoms with E-state index in [-0.39, 0.29) is 0 Å². The van der Waals surface area contributed by atoms with Crippen LogP contribution in [0.4, 0.5) is 0 Å². The fourth-order valence-electron chi connectivity index (χ4n) is 1.22. The Bertz CT molecular complexity index is 157. The average Bonchev–Trinajstić information content (AvgIpc) is 1.88. The first-order valence-electron chi connectivity index (χ1n) is 3.51. The Morgan fingerprint density at radius 2 is 2.00 bits per heavy atom. The second-order valence-corrected chi connectivity index (χ2v) is 3.19. The van der Waals surface area contributed by atoms with E-state index in [9.17, 15) is 4.79 Å². The lowest BCUT2D eigenvalue weighted by Gasteiger charge is -2.18. The van der Waals surface area contributed by atoms with Crippen molar-refractivity contribution < 1.29 is 4.79 Å². The first-order chi connectivity index (χ1) is 4.70. The molecule has 0 aliphatic heterocycles. The molecule has 0 heterocycles. The molecule has 0 radical (unpaired) electrons. The molecular formula is C7H11NOS. The average molecular weight is 157 g/mol. The largest absolute Gasteiger partial charge is 0.393 e. The maximum absolute atomic E-state index is 10.7. The van der Waals surface area contributed by atoms with Gasteiger partial charge in [0.2, 0.25) is 0 Å². The molecule has 1 aliphatic carbocycles. The maximum atomic E-state index is 10.7. The molecule has 0 amide bonds. The predicted octanol–water partition coefficient (Wildman–Crippen LogP) is 1.03. The van der Waals surface area contributed by atoms with Gasteiger partial charge in [0.05, 0.1) is 4.99 Å². The predicted molar refractivity (Wildman–Crippen MR) is 43.8 cm³/mol. The third kappa shape index (κ3) is 1.77. The summed E-state index contributed by atoms with van der Waals surface area (Å²) in [6.07, 6.45) is 3.08. The molecule has 3 heteroatoms. The second kappa shape index (κ2) is 3.10. The van der Waals surface area contributed by atoms with E-state index in [1.54, 1.807) is 0 Å². The first-order valence-corrected chi connectivity index (χ1v) is 3.92. The maximum Gasteiger partial charge on any atom is 0.132 e. The molecule has 0 saturated heterocycles. The number of ketones is 1. The lowest BCUT2D eigenvalue weighted by molar-refractivity contribution is -0.120. The van der Waals surface area contributed by atoms with Gasteiger partial charge in [0.1, 0.15) is 5.78 Å². The van der Waals surface area contributed by atoms with Gasteiger partial charge in [-0.15, -0.1) is 0 Å². The quantitative estimate of drug-likeness (QED) is 0.578. The third-order valence-electron chi connectivity index (χ3n) is 1.95. The van der Waals surface area contributed by atoms with Gasteiger partial charge in [-0.25, -0.2) is 0 Å². The Balaban J connectivity index is 2.40. The van der Waals surface area contributed by atoms with E-state index in [1.165, 1.54) is 0 Å². The van der Waals surface area contributed by atoms with Crippen LogP contribution in [0.25, 0.3) is 0 Å². The minimum absolute atomic E-state index is 0.327. The van der Waals surface area contributed by atoms with Crippen molar-refractivity contribution in [2.75, 3.05) is 0 Å². The summed E-state index contributed by atoms with van der Waals surface area (Å²) >= 11 is 4.82. The van der Waals surface area contributed by atoms with Crippen LogP contribution in [0.1, 0.15) is 25.7 Å². The Kier molecular flexibility index (Phi) is 2.38. The molecule has 0 unspecified atom stereocenters. The molecule has 1 rings (SSSR count). The molecule has 0 aromatic heterocycles. The second-order valence-electron chi connectivity index (χ2n) is 2.72. The fourth-order valence-corrected chi connectivity index (χ4v) is 1.46. The van der Waals surface area contributed by atoms with Gasteiger partial charge >= 0.3 is 0 Å². The number of nitrogens with two attached hydrogens (primary N) is 1. The van der Waals surface area contributed by atoms with Crippen molar-refractivity contribution in [2.24, 2.45) is 11.7 Å². The SMILES string of the molecule is NC(=S)C1CCC(=O)CC1. The number of carbonyl (C=O) groups excluding carboxylic acids is 1. The summed E-state index contributed by atoms with van der Waals surface area (Å²) in [5.41, 5.74) is 5.43. The molecule has 0 aromatic carbocycles. The molecule has 1 aliphatic rings. The van der Waals surface area contributed by atoms with Crippen LogP contribution < -0.4 is 5.73 Å². The lowest BCUT2D eigenvalue weighted by Crippen LogP contribution is -2.25. The highest BCUT2D eigenvalue weighted by Gasteiger charge is 2.19. The number of Topliss-reactive ketones (excluding diaryl/α,β-unsaturated/α-hetero) is 1. The molecule has 1 saturated carbocycles. The Hall–Kier alpha value is -0.440. The van der Waals surface area contributed by atoms with Crippen LogP contribution in [0, 0.1) is 5.92 Å². The summed E-state index contributed by atoms with van der Waals surface area (Å²) in [5.74, 6) is 0.681. The van der Waals surface area contributed by atoms with Gasteiger partial charge in [-0.2, -0.15) is 0 Å². The van der Waals surface area contributed by atoms with Crippen LogP contribution in [-0.2, 0) is 4.79 Å². The van der Waals surface area contributed by atoms with Crippen molar-refractivity contribution in [3.05, 3.63) is 0 Å². The summed E-state index contributed by atoms with van der Waals surface area (Å²) in [7, 11) is 0. The summed E-state index contributed by atoms with van der Waals surface area (Å²) in [6.45, 7) is 0. The standard InChI is InChI=1S/C7H11NOS/c8-7(10)5-1-3-6(9)4-2-5/h5H,1-4H2,(H2,8,10). The van der Waals surface area contributed by atoms with Crippen molar-refractivity contribution in [1.82, 2.24) is 0 Å². The minimum atomic E-state index is 0.327. The molecule has 0 bridgehead atoms. The number of thiocarbonyl (C=S) groups is 1. The number of hydrogen-bond donors (Lipinski definition) is 1. The van der Waals surface area contributed by atoms with Crippen molar-refractivity contribution in [3.8, 4) is 0 Å². The molecule has 0 aromatic rings. The van der Waals surface area contributed by atoms with E-state index in [0.29, 0.717) is 29.5 Å². The highest BCUT2D eigenvalue weighted by Crippen LogP contribution is 2.21. The number of hydrogen-bond acceptors (Lipinski definition) is 2. The van der Waals surface area contributed by atoms with E-state index in [4.69, 9.17) is 18.0 Å². The van der Waals surface area contributed by atoms with Crippen molar-refractivity contribution in [2.45, 2.75) is 25.7 Å². The molecule has 2 N–H and O–H groups in total. The molecule has 0 atom stereocenters. The topological polar surface area (TPSA) is 43.1 Å². The van der Waals surface area contributed by atoms with Crippen molar-refractivity contribution in [1.29, 1.82) is 0 Å². The summed E-state index contributed by atoms with van der Waals surface area (Å²) in [4.78, 5) is 11.3. The zero-order valence-corrected chi connectivity index (χ0v) is 6.62. The molecule has 1 fully saturated rings. The zero-order chi connectivity index (χ0) is 7.56. The van der Waals surface area contributed by atoms with Crippen molar-refractivity contribution in [3.63, 3.8) is 0 Å². The van der Waals surface area contributed by atoms with Gasteiger partial charge in [-0.05, 0) is 12.8 Å². The van der Waals surface area contributed by atoms with Crippen molar-refractivity contribution >= 4 is 23.0 Å². The number of rotatable bonds is 1. The Morgan fingerprint density at radius 1 is 1.50 bits per heavy atom. The van der Waals surface area contributed by atoms with Gasteiger partial charge in [-0.1, -0.05) is 12.2 Å². The van der Waals surface area contributed by atoms with Crippen LogP contribution in [-0.4, -0.2) is 10.8 Å². The van der Waals surface area contributed by atoms with E-state index >= 15 is 0 Å². The summed E-state index contributed by atoms with van der Waals surface area (Å²) < 4.78 is 0. The highest BCUT2D eigenvalue weighted by atomic mass is 32.1. The number of carbonyl (C=O) groups is 1. The van der Waals surface area contributed by atoms with Gasteiger partial charge in [0.15, 0.2) is 0 Å². The molecular weight excluding hydrogens is 146 g/mol. The fraction of sp³-hybridized carbons (Fsp3) is 0.714. The van der Waals surface area contributed by atoms with Crippen LogP contribution in [0.3, 0.4) is 0 Å². The summed E-state index contributed by atoms with van der Waals surface area (Å²) in [5, 5.41) is 0. The van der Waals surface area contributed by atoms with E-state index in [1.807, 2.05) is 0 Å². The molecule has 10 heavy (non-hydrogen) atoms. The zero-order valence-electron chi connectivity index (χ0n) is 5.80. The van der Waals surface area contributed by atoms with Gasteiger partial charge in [0.25, 0.3) is 0 Å². The third-order valence-corrected chi connectivity index (χ3v) is 2.28. The summed E-state index contributed by atoms with van der Waals surface area (Å²) in [6, 6.07) is 0. The van der Waals surface area contributed by atoms with Crippen LogP contribution in [0.2, 0.25) is 0 Å². The monoisotopic (exact) mass is 157 g/mol. The normalized spacial score (nSPS) is 21.0. The van der Waals surface area contributed by atoms with Gasteiger partial charge in [-0.3, -0.25) is 4.79 Å². The van der Waals surface area contributed by atoms with E-state index < -0.39 is 0 Å². The first kappa shape index (κ1) is 7.66. The van der Waals surface area contributed by atoms with Crippen LogP contribution >= 0.6 is 12.2 Å². The van der Waals surface area contributed by atoms with E-state index in [0.717, 1.165) is 12.8 Å². The van der Waals surface area contributed by atoms with Gasteiger partial charge in [0, 0.05) is 18.8 Å². The lowest BCUT2D eigenvalue weighted by atomic mass is 9.88. The molecule has 0 spiro atoms. The van der Waals surface area contributed by atoms with Crippen LogP contribution in [0.15, 0.2) is 0 Å². The Morgan fingerprint density at radius 3 is 2.40 bits per heavy atom. The Labute approximate surface area is 65.8 Å². The van der Waals surface area contributed by atoms with E-state index in [2.05, 4.69) is 0 Å². The molecule has 2 nitrogen and oxygen atoms in total. The molecule has 56 valence electrons. The van der Waals surface area contributed by atoms with Gasteiger partial charge < -0.3 is 5.73 Å². The highest BCUT2D eigenvalue weighted by molar-refractivity contribution is 7.80. The minimum Gasteiger partial charge on any atom is -0.393 e. The smallest absolute Gasteiger partial charge is 0.132 e. The van der Waals surface area contributed by atoms with Crippen LogP contribution in [0.5, 0.6) is 0 Å².